The summed E-state index contributed by atoms with van der Waals surface area (Å²) in [7, 11) is 0. The van der Waals surface area contributed by atoms with Crippen molar-refractivity contribution in [2.24, 2.45) is 17.8 Å². The van der Waals surface area contributed by atoms with Crippen molar-refractivity contribution >= 4 is 17.9 Å². The number of rotatable bonds is 43. The fourth-order valence-corrected chi connectivity index (χ4v) is 8.01. The molecule has 4 unspecified atom stereocenters. The van der Waals surface area contributed by atoms with E-state index in [0.29, 0.717) is 12.8 Å². The standard InChI is InChI=1S/C45H86O8/c1-2-3-4-5-6-7-15-18-22-27-32-39(33-28-23-21-24-29-34-40(44(50)51)37-41(47)38-46)42(45(52)53)35-30-25-19-16-13-11-9-8-10-12-14-17-20-26-31-36-43(48)49/h39-42,46-47H,2-38H2,1H3,(H,48,49)(H,50,51)(H,52,53). The summed E-state index contributed by atoms with van der Waals surface area (Å²) in [6, 6.07) is 0. The molecule has 53 heavy (non-hydrogen) atoms. The van der Waals surface area contributed by atoms with Crippen LogP contribution in [0.25, 0.3) is 0 Å². The van der Waals surface area contributed by atoms with Crippen molar-refractivity contribution in [1.29, 1.82) is 0 Å². The minimum Gasteiger partial charge on any atom is -0.481 e. The summed E-state index contributed by atoms with van der Waals surface area (Å²) in [6.45, 7) is 1.84. The maximum absolute atomic E-state index is 12.5. The van der Waals surface area contributed by atoms with Gasteiger partial charge in [-0.15, -0.1) is 0 Å². The van der Waals surface area contributed by atoms with E-state index in [2.05, 4.69) is 6.92 Å². The van der Waals surface area contributed by atoms with Gasteiger partial charge in [-0.05, 0) is 44.4 Å². The highest BCUT2D eigenvalue weighted by molar-refractivity contribution is 5.70. The van der Waals surface area contributed by atoms with E-state index in [1.807, 2.05) is 0 Å². The zero-order valence-electron chi connectivity index (χ0n) is 34.4. The highest BCUT2D eigenvalue weighted by atomic mass is 16.4. The van der Waals surface area contributed by atoms with Gasteiger partial charge in [0.05, 0.1) is 24.5 Å². The van der Waals surface area contributed by atoms with Crippen LogP contribution in [0, 0.1) is 17.8 Å². The van der Waals surface area contributed by atoms with Gasteiger partial charge in [-0.25, -0.2) is 0 Å². The Labute approximate surface area is 325 Å². The number of aliphatic hydroxyl groups excluding tert-OH is 2. The van der Waals surface area contributed by atoms with E-state index in [-0.39, 0.29) is 18.3 Å². The summed E-state index contributed by atoms with van der Waals surface area (Å²) in [5, 5.41) is 47.1. The molecule has 0 aromatic carbocycles. The predicted octanol–water partition coefficient (Wildman–Crippen LogP) is 12.5. The van der Waals surface area contributed by atoms with Crippen molar-refractivity contribution in [2.45, 2.75) is 244 Å². The van der Waals surface area contributed by atoms with Crippen LogP contribution >= 0.6 is 0 Å². The van der Waals surface area contributed by atoms with Crippen LogP contribution in [0.1, 0.15) is 238 Å². The van der Waals surface area contributed by atoms with Gasteiger partial charge < -0.3 is 25.5 Å². The average Bonchev–Trinajstić information content (AvgIpc) is 3.13. The van der Waals surface area contributed by atoms with Gasteiger partial charge in [0.15, 0.2) is 0 Å². The fraction of sp³-hybridized carbons (Fsp3) is 0.933. The second kappa shape index (κ2) is 38.6. The molecule has 8 nitrogen and oxygen atoms in total. The van der Waals surface area contributed by atoms with Crippen LogP contribution in [0.3, 0.4) is 0 Å². The molecular formula is C45H86O8. The topological polar surface area (TPSA) is 152 Å². The third-order valence-corrected chi connectivity index (χ3v) is 11.5. The van der Waals surface area contributed by atoms with E-state index in [4.69, 9.17) is 10.2 Å². The molecule has 0 saturated heterocycles. The Morgan fingerprint density at radius 3 is 1.11 bits per heavy atom. The molecule has 0 amide bonds. The third kappa shape index (κ3) is 34.6. The lowest BCUT2D eigenvalue weighted by Gasteiger charge is -2.24. The lowest BCUT2D eigenvalue weighted by atomic mass is 9.80. The largest absolute Gasteiger partial charge is 0.481 e. The second-order valence-electron chi connectivity index (χ2n) is 16.4. The van der Waals surface area contributed by atoms with E-state index in [9.17, 15) is 29.7 Å². The summed E-state index contributed by atoms with van der Waals surface area (Å²) >= 11 is 0. The first-order valence-electron chi connectivity index (χ1n) is 22.7. The van der Waals surface area contributed by atoms with Crippen molar-refractivity contribution < 1.29 is 39.9 Å². The van der Waals surface area contributed by atoms with E-state index < -0.39 is 36.5 Å². The summed E-state index contributed by atoms with van der Waals surface area (Å²) < 4.78 is 0. The first-order chi connectivity index (χ1) is 25.7. The van der Waals surface area contributed by atoms with Gasteiger partial charge in [0, 0.05) is 6.42 Å². The maximum atomic E-state index is 12.5. The molecule has 0 fully saturated rings. The number of aliphatic hydroxyl groups is 2. The normalized spacial score (nSPS) is 13.9. The van der Waals surface area contributed by atoms with E-state index in [1.54, 1.807) is 0 Å². The zero-order valence-corrected chi connectivity index (χ0v) is 34.4. The number of carbonyl (C=O) groups is 3. The number of carboxylic acids is 3. The fourth-order valence-electron chi connectivity index (χ4n) is 8.01. The van der Waals surface area contributed by atoms with Crippen LogP contribution < -0.4 is 0 Å². The molecule has 5 N–H and O–H groups in total. The highest BCUT2D eigenvalue weighted by Gasteiger charge is 2.27. The van der Waals surface area contributed by atoms with Gasteiger partial charge in [0.2, 0.25) is 0 Å². The predicted molar refractivity (Wildman–Crippen MR) is 218 cm³/mol. The lowest BCUT2D eigenvalue weighted by molar-refractivity contribution is -0.145. The molecule has 0 aliphatic rings. The Morgan fingerprint density at radius 2 is 0.774 bits per heavy atom. The molecule has 0 radical (unpaired) electrons. The molecule has 0 aliphatic carbocycles. The maximum Gasteiger partial charge on any atom is 0.306 e. The van der Waals surface area contributed by atoms with Crippen molar-refractivity contribution in [3.63, 3.8) is 0 Å². The van der Waals surface area contributed by atoms with Gasteiger partial charge in [-0.2, -0.15) is 0 Å². The van der Waals surface area contributed by atoms with Gasteiger partial charge in [-0.3, -0.25) is 14.4 Å². The van der Waals surface area contributed by atoms with Gasteiger partial charge in [0.25, 0.3) is 0 Å². The minimum atomic E-state index is -0.983. The second-order valence-corrected chi connectivity index (χ2v) is 16.4. The molecule has 0 heterocycles. The number of hydrogen-bond donors (Lipinski definition) is 5. The minimum absolute atomic E-state index is 0.0889. The van der Waals surface area contributed by atoms with Crippen molar-refractivity contribution in [3.05, 3.63) is 0 Å². The first kappa shape index (κ1) is 51.3. The number of carboxylic acid groups (broad SMARTS) is 3. The van der Waals surface area contributed by atoms with E-state index >= 15 is 0 Å². The van der Waals surface area contributed by atoms with Crippen LogP contribution in [0.4, 0.5) is 0 Å². The molecule has 314 valence electrons. The molecule has 0 aromatic rings. The Kier molecular flexibility index (Phi) is 37.4. The van der Waals surface area contributed by atoms with Crippen molar-refractivity contribution in [1.82, 2.24) is 0 Å². The summed E-state index contributed by atoms with van der Waals surface area (Å²) in [6.07, 6.45) is 38.1. The van der Waals surface area contributed by atoms with Gasteiger partial charge in [-0.1, -0.05) is 193 Å². The molecule has 0 rings (SSSR count). The molecule has 0 spiro atoms. The monoisotopic (exact) mass is 755 g/mol. The molecule has 0 aromatic heterocycles. The van der Waals surface area contributed by atoms with Crippen LogP contribution in [-0.4, -0.2) is 56.2 Å². The lowest BCUT2D eigenvalue weighted by Crippen LogP contribution is -2.24. The van der Waals surface area contributed by atoms with Crippen molar-refractivity contribution in [2.75, 3.05) is 6.61 Å². The summed E-state index contributed by atoms with van der Waals surface area (Å²) in [5.41, 5.74) is 0. The number of hydrogen-bond acceptors (Lipinski definition) is 5. The zero-order chi connectivity index (χ0) is 39.2. The van der Waals surface area contributed by atoms with Gasteiger partial charge >= 0.3 is 17.9 Å². The van der Waals surface area contributed by atoms with Crippen LogP contribution in [0.2, 0.25) is 0 Å². The summed E-state index contributed by atoms with van der Waals surface area (Å²) in [5.74, 6) is -2.87. The molecule has 0 saturated carbocycles. The molecular weight excluding hydrogens is 668 g/mol. The Morgan fingerprint density at radius 1 is 0.434 bits per heavy atom. The first-order valence-corrected chi connectivity index (χ1v) is 22.7. The third-order valence-electron chi connectivity index (χ3n) is 11.5. The Bertz CT molecular complexity index is 833. The quantitative estimate of drug-likeness (QED) is 0.0386. The molecule has 0 aliphatic heterocycles. The average molecular weight is 755 g/mol. The Hall–Kier alpha value is -1.67. The van der Waals surface area contributed by atoms with Crippen LogP contribution in [0.15, 0.2) is 0 Å². The smallest absolute Gasteiger partial charge is 0.306 e. The van der Waals surface area contributed by atoms with Gasteiger partial charge in [0.1, 0.15) is 0 Å². The van der Waals surface area contributed by atoms with E-state index in [1.165, 1.54) is 122 Å². The van der Waals surface area contributed by atoms with E-state index in [0.717, 1.165) is 89.9 Å². The Balaban J connectivity index is 4.43. The van der Waals surface area contributed by atoms with Crippen LogP contribution in [0.5, 0.6) is 0 Å². The molecule has 8 heteroatoms. The van der Waals surface area contributed by atoms with Crippen molar-refractivity contribution in [3.8, 4) is 0 Å². The van der Waals surface area contributed by atoms with Crippen LogP contribution in [-0.2, 0) is 14.4 Å². The number of unbranched alkanes of at least 4 members (excludes halogenated alkanes) is 27. The molecule has 4 atom stereocenters. The summed E-state index contributed by atoms with van der Waals surface area (Å²) in [4.78, 5) is 34.6. The SMILES string of the molecule is CCCCCCCCCCCCC(CCCCCCCC(CC(O)CO)C(=O)O)C(CCCCCCCCCCCCCCCCCC(=O)O)C(=O)O. The molecule has 0 bridgehead atoms. The highest BCUT2D eigenvalue weighted by Crippen LogP contribution is 2.31. The number of aliphatic carboxylic acids is 3.